The summed E-state index contributed by atoms with van der Waals surface area (Å²) in [5.41, 5.74) is 5.70. The molecule has 1 heterocycles. The number of oxazole rings is 1. The molecule has 0 aliphatic heterocycles. The van der Waals surface area contributed by atoms with Crippen molar-refractivity contribution >= 4 is 40.0 Å². The molecule has 2 aromatic carbocycles. The van der Waals surface area contributed by atoms with Crippen LogP contribution in [0.15, 0.2) is 40.8 Å². The first-order chi connectivity index (χ1) is 16.3. The fourth-order valence-electron chi connectivity index (χ4n) is 7.22. The van der Waals surface area contributed by atoms with Crippen LogP contribution >= 0.6 is 12.2 Å². The molecule has 2 N–H and O–H groups in total. The number of carbonyl (C=O) groups is 1. The number of amides is 1. The third-order valence-electron chi connectivity index (χ3n) is 8.23. The molecule has 4 bridgehead atoms. The minimum Gasteiger partial charge on any atom is -0.436 e. The minimum absolute atomic E-state index is 0.0441. The Morgan fingerprint density at radius 3 is 2.47 bits per heavy atom. The first kappa shape index (κ1) is 21.8. The molecule has 34 heavy (non-hydrogen) atoms. The van der Waals surface area contributed by atoms with Gasteiger partial charge in [0.2, 0.25) is 11.8 Å². The molecule has 0 unspecified atom stereocenters. The van der Waals surface area contributed by atoms with E-state index in [0.717, 1.165) is 51.2 Å². The average Bonchev–Trinajstić information content (AvgIpc) is 3.17. The highest BCUT2D eigenvalue weighted by Gasteiger charge is 2.51. The molecular weight excluding hydrogens is 442 g/mol. The lowest BCUT2D eigenvalue weighted by Gasteiger charge is -2.56. The van der Waals surface area contributed by atoms with E-state index >= 15 is 0 Å². The normalized spacial score (nSPS) is 27.2. The van der Waals surface area contributed by atoms with Gasteiger partial charge in [0.15, 0.2) is 10.7 Å². The monoisotopic (exact) mass is 473 g/mol. The molecule has 0 atom stereocenters. The third-order valence-corrected chi connectivity index (χ3v) is 8.43. The third kappa shape index (κ3) is 4.13. The number of hydrogen-bond donors (Lipinski definition) is 2. The molecular formula is C28H31N3O2S. The SMILES string of the molecule is Cc1ccc2nc(-c3ccc(C)c(NC(=S)NC(=O)CC45CC6CC(CC(C6)C4)C5)c3)oc2c1. The molecule has 176 valence electrons. The van der Waals surface area contributed by atoms with Gasteiger partial charge in [0.05, 0.1) is 0 Å². The average molecular weight is 474 g/mol. The fraction of sp³-hybridized carbons (Fsp3) is 0.464. The Bertz CT molecular complexity index is 1260. The van der Waals surface area contributed by atoms with Gasteiger partial charge < -0.3 is 15.1 Å². The van der Waals surface area contributed by atoms with E-state index in [-0.39, 0.29) is 11.3 Å². The van der Waals surface area contributed by atoms with E-state index in [4.69, 9.17) is 16.6 Å². The standard InChI is InChI=1S/C28H31N3O2S/c1-16-3-6-22-24(7-16)33-26(29-22)21-5-4-17(2)23(11-21)30-27(34)31-25(32)15-28-12-18-8-19(13-28)10-20(9-18)14-28/h3-7,11,18-20H,8-10,12-15H2,1-2H3,(H2,30,31,32,34). The molecule has 1 aromatic heterocycles. The molecule has 7 rings (SSSR count). The van der Waals surface area contributed by atoms with Crippen molar-refractivity contribution in [3.05, 3.63) is 47.5 Å². The van der Waals surface area contributed by atoms with Crippen LogP contribution in [0.5, 0.6) is 0 Å². The van der Waals surface area contributed by atoms with E-state index in [1.807, 2.05) is 50.2 Å². The summed E-state index contributed by atoms with van der Waals surface area (Å²) in [6, 6.07) is 12.0. The van der Waals surface area contributed by atoms with E-state index in [9.17, 15) is 4.79 Å². The van der Waals surface area contributed by atoms with Crippen LogP contribution in [0.25, 0.3) is 22.6 Å². The number of nitrogens with zero attached hydrogens (tertiary/aromatic N) is 1. The number of anilines is 1. The number of carbonyl (C=O) groups excluding carboxylic acids is 1. The van der Waals surface area contributed by atoms with Crippen LogP contribution in [0.4, 0.5) is 5.69 Å². The van der Waals surface area contributed by atoms with Gasteiger partial charge in [-0.25, -0.2) is 4.98 Å². The fourth-order valence-corrected chi connectivity index (χ4v) is 7.44. The zero-order chi connectivity index (χ0) is 23.4. The second kappa shape index (κ2) is 8.19. The molecule has 1 amide bonds. The van der Waals surface area contributed by atoms with E-state index in [2.05, 4.69) is 15.6 Å². The van der Waals surface area contributed by atoms with Gasteiger partial charge in [-0.15, -0.1) is 0 Å². The molecule has 4 aliphatic rings. The molecule has 0 spiro atoms. The van der Waals surface area contributed by atoms with E-state index in [1.54, 1.807) is 0 Å². The predicted octanol–water partition coefficient (Wildman–Crippen LogP) is 6.53. The molecule has 4 aliphatic carbocycles. The minimum atomic E-state index is 0.0441. The number of hydrogen-bond acceptors (Lipinski definition) is 4. The lowest BCUT2D eigenvalue weighted by Crippen LogP contribution is -2.48. The van der Waals surface area contributed by atoms with Gasteiger partial charge in [0.25, 0.3) is 0 Å². The first-order valence-electron chi connectivity index (χ1n) is 12.4. The summed E-state index contributed by atoms with van der Waals surface area (Å²) in [6.45, 7) is 4.05. The van der Waals surface area contributed by atoms with Crippen molar-refractivity contribution in [2.45, 2.75) is 58.8 Å². The summed E-state index contributed by atoms with van der Waals surface area (Å²) in [6.07, 6.45) is 8.41. The Morgan fingerprint density at radius 2 is 1.76 bits per heavy atom. The van der Waals surface area contributed by atoms with Crippen LogP contribution in [0.2, 0.25) is 0 Å². The summed E-state index contributed by atoms with van der Waals surface area (Å²) >= 11 is 5.53. The number of benzene rings is 2. The van der Waals surface area contributed by atoms with Crippen molar-refractivity contribution in [3.8, 4) is 11.5 Å². The van der Waals surface area contributed by atoms with Crippen LogP contribution in [-0.2, 0) is 4.79 Å². The topological polar surface area (TPSA) is 67.2 Å². The summed E-state index contributed by atoms with van der Waals surface area (Å²) in [7, 11) is 0. The maximum absolute atomic E-state index is 13.0. The quantitative estimate of drug-likeness (QED) is 0.422. The molecule has 4 saturated carbocycles. The second-order valence-electron chi connectivity index (χ2n) is 11.1. The number of thiocarbonyl (C=S) groups is 1. The van der Waals surface area contributed by atoms with Crippen molar-refractivity contribution in [2.24, 2.45) is 23.2 Å². The van der Waals surface area contributed by atoms with Crippen molar-refractivity contribution in [2.75, 3.05) is 5.32 Å². The summed E-state index contributed by atoms with van der Waals surface area (Å²) in [4.78, 5) is 17.6. The van der Waals surface area contributed by atoms with Crippen molar-refractivity contribution in [1.29, 1.82) is 0 Å². The number of aromatic nitrogens is 1. The molecule has 3 aromatic rings. The summed E-state index contributed by atoms with van der Waals surface area (Å²) < 4.78 is 5.99. The Balaban J connectivity index is 1.13. The summed E-state index contributed by atoms with van der Waals surface area (Å²) in [5, 5.41) is 6.54. The summed E-state index contributed by atoms with van der Waals surface area (Å²) in [5.74, 6) is 3.13. The van der Waals surface area contributed by atoms with Gasteiger partial charge in [-0.3, -0.25) is 4.79 Å². The van der Waals surface area contributed by atoms with Gasteiger partial charge in [0, 0.05) is 17.7 Å². The number of aryl methyl sites for hydroxylation is 2. The van der Waals surface area contributed by atoms with Gasteiger partial charge in [-0.1, -0.05) is 12.1 Å². The van der Waals surface area contributed by atoms with Crippen molar-refractivity contribution in [1.82, 2.24) is 10.3 Å². The van der Waals surface area contributed by atoms with Crippen LogP contribution in [0.1, 0.15) is 56.1 Å². The van der Waals surface area contributed by atoms with Crippen LogP contribution < -0.4 is 10.6 Å². The first-order valence-corrected chi connectivity index (χ1v) is 12.8. The van der Waals surface area contributed by atoms with E-state index in [0.29, 0.717) is 17.4 Å². The second-order valence-corrected chi connectivity index (χ2v) is 11.5. The zero-order valence-electron chi connectivity index (χ0n) is 19.8. The molecule has 6 heteroatoms. The Kier molecular flexibility index (Phi) is 5.25. The maximum Gasteiger partial charge on any atom is 0.227 e. The Morgan fingerprint density at radius 1 is 1.06 bits per heavy atom. The maximum atomic E-state index is 13.0. The highest BCUT2D eigenvalue weighted by atomic mass is 32.1. The van der Waals surface area contributed by atoms with E-state index < -0.39 is 0 Å². The Labute approximate surface area is 205 Å². The van der Waals surface area contributed by atoms with Crippen LogP contribution in [-0.4, -0.2) is 16.0 Å². The Hall–Kier alpha value is -2.73. The number of nitrogens with one attached hydrogen (secondary N) is 2. The van der Waals surface area contributed by atoms with Crippen molar-refractivity contribution < 1.29 is 9.21 Å². The molecule has 4 fully saturated rings. The molecule has 0 saturated heterocycles. The zero-order valence-corrected chi connectivity index (χ0v) is 20.6. The lowest BCUT2D eigenvalue weighted by molar-refractivity contribution is -0.127. The lowest BCUT2D eigenvalue weighted by atomic mass is 9.49. The number of fused-ring (bicyclic) bond motifs is 1. The largest absolute Gasteiger partial charge is 0.436 e. The highest BCUT2D eigenvalue weighted by molar-refractivity contribution is 7.80. The van der Waals surface area contributed by atoms with Crippen LogP contribution in [0, 0.1) is 37.0 Å². The number of rotatable bonds is 4. The predicted molar refractivity (Wildman–Crippen MR) is 139 cm³/mol. The smallest absolute Gasteiger partial charge is 0.227 e. The van der Waals surface area contributed by atoms with Gasteiger partial charge in [-0.2, -0.15) is 0 Å². The highest BCUT2D eigenvalue weighted by Crippen LogP contribution is 2.61. The van der Waals surface area contributed by atoms with Crippen molar-refractivity contribution in [3.63, 3.8) is 0 Å². The van der Waals surface area contributed by atoms with Gasteiger partial charge in [0.1, 0.15) is 5.52 Å². The van der Waals surface area contributed by atoms with Gasteiger partial charge >= 0.3 is 0 Å². The molecule has 5 nitrogen and oxygen atoms in total. The molecule has 0 radical (unpaired) electrons. The van der Waals surface area contributed by atoms with Gasteiger partial charge in [-0.05, 0) is 123 Å². The van der Waals surface area contributed by atoms with Crippen LogP contribution in [0.3, 0.4) is 0 Å². The van der Waals surface area contributed by atoms with E-state index in [1.165, 1.54) is 38.5 Å².